The predicted octanol–water partition coefficient (Wildman–Crippen LogP) is 3.79. The van der Waals surface area contributed by atoms with Crippen molar-refractivity contribution in [3.05, 3.63) is 87.1 Å². The Hall–Kier alpha value is -2.83. The second-order valence-electron chi connectivity index (χ2n) is 5.72. The molecule has 7 heteroatoms. The summed E-state index contributed by atoms with van der Waals surface area (Å²) in [7, 11) is 0. The average molecular weight is 401 g/mol. The van der Waals surface area contributed by atoms with Crippen molar-refractivity contribution >= 4 is 34.8 Å². The van der Waals surface area contributed by atoms with Gasteiger partial charge in [0.25, 0.3) is 11.8 Å². The molecule has 1 aromatic heterocycles. The highest BCUT2D eigenvalue weighted by molar-refractivity contribution is 7.10. The zero-order valence-electron chi connectivity index (χ0n) is 14.2. The van der Waals surface area contributed by atoms with Crippen molar-refractivity contribution < 1.29 is 14.3 Å². The molecule has 0 aliphatic carbocycles. The molecule has 2 aromatic carbocycles. The van der Waals surface area contributed by atoms with E-state index >= 15 is 0 Å². The number of nitrogens with one attached hydrogen (secondary N) is 1. The third kappa shape index (κ3) is 4.87. The van der Waals surface area contributed by atoms with Crippen LogP contribution in [-0.2, 0) is 4.79 Å². The van der Waals surface area contributed by atoms with E-state index in [0.29, 0.717) is 5.02 Å². The Balaban J connectivity index is 1.72. The van der Waals surface area contributed by atoms with E-state index in [4.69, 9.17) is 22.1 Å². The van der Waals surface area contributed by atoms with Crippen molar-refractivity contribution in [3.8, 4) is 5.75 Å². The van der Waals surface area contributed by atoms with Crippen molar-refractivity contribution in [1.82, 2.24) is 5.32 Å². The van der Waals surface area contributed by atoms with E-state index in [-0.39, 0.29) is 29.9 Å². The number of amides is 2. The maximum absolute atomic E-state index is 12.5. The zero-order valence-corrected chi connectivity index (χ0v) is 15.8. The largest absolute Gasteiger partial charge is 0.483 e. The van der Waals surface area contributed by atoms with Crippen molar-refractivity contribution in [2.75, 3.05) is 6.61 Å². The molecule has 3 aromatic rings. The fourth-order valence-electron chi connectivity index (χ4n) is 2.59. The second-order valence-corrected chi connectivity index (χ2v) is 7.14. The van der Waals surface area contributed by atoms with Crippen LogP contribution in [0.2, 0.25) is 5.02 Å². The third-order valence-corrected chi connectivity index (χ3v) is 5.00. The number of ether oxygens (including phenoxy) is 1. The van der Waals surface area contributed by atoms with Gasteiger partial charge in [0.1, 0.15) is 5.75 Å². The Kier molecular flexibility index (Phi) is 6.11. The molecule has 3 N–H and O–H groups in total. The topological polar surface area (TPSA) is 81.4 Å². The molecule has 1 heterocycles. The molecule has 0 saturated heterocycles. The fourth-order valence-corrected chi connectivity index (χ4v) is 3.56. The number of carbonyl (C=O) groups excluding carboxylic acids is 2. The lowest BCUT2D eigenvalue weighted by Gasteiger charge is -2.18. The summed E-state index contributed by atoms with van der Waals surface area (Å²) in [4.78, 5) is 25.0. The van der Waals surface area contributed by atoms with Gasteiger partial charge in [0.15, 0.2) is 6.61 Å². The molecule has 2 amide bonds. The van der Waals surface area contributed by atoms with Crippen LogP contribution in [0.5, 0.6) is 5.75 Å². The molecule has 0 fully saturated rings. The summed E-state index contributed by atoms with van der Waals surface area (Å²) in [5.74, 6) is -0.772. The van der Waals surface area contributed by atoms with Crippen LogP contribution in [0.4, 0.5) is 0 Å². The molecule has 5 nitrogen and oxygen atoms in total. The van der Waals surface area contributed by atoms with Gasteiger partial charge in [-0.2, -0.15) is 0 Å². The first-order valence-electron chi connectivity index (χ1n) is 8.14. The van der Waals surface area contributed by atoms with Gasteiger partial charge in [-0.1, -0.05) is 48.0 Å². The number of primary amides is 1. The van der Waals surface area contributed by atoms with Gasteiger partial charge in [-0.3, -0.25) is 9.59 Å². The lowest BCUT2D eigenvalue weighted by Crippen LogP contribution is -2.33. The van der Waals surface area contributed by atoms with Crippen LogP contribution < -0.4 is 15.8 Å². The average Bonchev–Trinajstić information content (AvgIpc) is 3.20. The van der Waals surface area contributed by atoms with E-state index in [1.54, 1.807) is 17.4 Å². The zero-order chi connectivity index (χ0) is 19.2. The molecule has 1 atom stereocenters. The van der Waals surface area contributed by atoms with E-state index in [1.165, 1.54) is 12.1 Å². The Bertz CT molecular complexity index is 930. The standard InChI is InChI=1S/C20H17ClN2O3S/c21-14-8-9-16(15(11-14)20(22)25)26-12-18(24)23-19(17-7-4-10-27-17)13-5-2-1-3-6-13/h1-11,19H,12H2,(H2,22,25)(H,23,24)/t19-/m0/s1. The first kappa shape index (κ1) is 18.9. The second kappa shape index (κ2) is 8.70. The van der Waals surface area contributed by atoms with E-state index < -0.39 is 5.91 Å². The summed E-state index contributed by atoms with van der Waals surface area (Å²) in [6.45, 7) is -0.253. The normalized spacial score (nSPS) is 11.6. The Morgan fingerprint density at radius 1 is 1.11 bits per heavy atom. The number of halogens is 1. The molecule has 0 spiro atoms. The number of hydrogen-bond donors (Lipinski definition) is 2. The maximum Gasteiger partial charge on any atom is 0.258 e. The fraction of sp³-hybridized carbons (Fsp3) is 0.100. The Morgan fingerprint density at radius 2 is 1.89 bits per heavy atom. The summed E-state index contributed by atoms with van der Waals surface area (Å²) in [5, 5.41) is 5.29. The van der Waals surface area contributed by atoms with Crippen LogP contribution in [0.1, 0.15) is 26.8 Å². The number of nitrogens with two attached hydrogens (primary N) is 1. The number of rotatable bonds is 7. The highest BCUT2D eigenvalue weighted by Crippen LogP contribution is 2.26. The molecule has 3 rings (SSSR count). The van der Waals surface area contributed by atoms with Crippen molar-refractivity contribution in [2.24, 2.45) is 5.73 Å². The predicted molar refractivity (Wildman–Crippen MR) is 106 cm³/mol. The summed E-state index contributed by atoms with van der Waals surface area (Å²) in [6.07, 6.45) is 0. The van der Waals surface area contributed by atoms with Gasteiger partial charge in [-0.25, -0.2) is 0 Å². The Labute approximate surface area is 165 Å². The minimum Gasteiger partial charge on any atom is -0.483 e. The van der Waals surface area contributed by atoms with Gasteiger partial charge in [0, 0.05) is 9.90 Å². The third-order valence-electron chi connectivity index (χ3n) is 3.83. The molecule has 0 unspecified atom stereocenters. The van der Waals surface area contributed by atoms with Gasteiger partial charge >= 0.3 is 0 Å². The minimum atomic E-state index is -0.673. The summed E-state index contributed by atoms with van der Waals surface area (Å²) in [5.41, 5.74) is 6.44. The smallest absolute Gasteiger partial charge is 0.258 e. The van der Waals surface area contributed by atoms with E-state index in [2.05, 4.69) is 5.32 Å². The first-order valence-corrected chi connectivity index (χ1v) is 9.40. The summed E-state index contributed by atoms with van der Waals surface area (Å²) in [6, 6.07) is 17.8. The molecule has 0 aliphatic rings. The SMILES string of the molecule is NC(=O)c1cc(Cl)ccc1OCC(=O)N[C@@H](c1ccccc1)c1cccs1. The highest BCUT2D eigenvalue weighted by Gasteiger charge is 2.19. The number of benzene rings is 2. The van der Waals surface area contributed by atoms with Crippen LogP contribution in [0, 0.1) is 0 Å². The molecule has 0 radical (unpaired) electrons. The summed E-state index contributed by atoms with van der Waals surface area (Å²) < 4.78 is 5.50. The van der Waals surface area contributed by atoms with Gasteiger partial charge in [-0.15, -0.1) is 11.3 Å². The minimum absolute atomic E-state index is 0.133. The van der Waals surface area contributed by atoms with Gasteiger partial charge < -0.3 is 15.8 Å². The first-order chi connectivity index (χ1) is 13.0. The van der Waals surface area contributed by atoms with Crippen LogP contribution in [0.15, 0.2) is 66.0 Å². The van der Waals surface area contributed by atoms with E-state index in [1.807, 2.05) is 47.8 Å². The highest BCUT2D eigenvalue weighted by atomic mass is 35.5. The summed E-state index contributed by atoms with van der Waals surface area (Å²) >= 11 is 7.43. The lowest BCUT2D eigenvalue weighted by atomic mass is 10.1. The molecule has 0 aliphatic heterocycles. The molecular formula is C20H17ClN2O3S. The molecular weight excluding hydrogens is 384 g/mol. The van der Waals surface area contributed by atoms with Crippen LogP contribution in [-0.4, -0.2) is 18.4 Å². The number of carbonyl (C=O) groups is 2. The lowest BCUT2D eigenvalue weighted by molar-refractivity contribution is -0.123. The molecule has 27 heavy (non-hydrogen) atoms. The number of hydrogen-bond acceptors (Lipinski definition) is 4. The van der Waals surface area contributed by atoms with Gasteiger partial charge in [0.2, 0.25) is 0 Å². The quantitative estimate of drug-likeness (QED) is 0.633. The van der Waals surface area contributed by atoms with Gasteiger partial charge in [0.05, 0.1) is 11.6 Å². The van der Waals surface area contributed by atoms with Crippen molar-refractivity contribution in [1.29, 1.82) is 0 Å². The van der Waals surface area contributed by atoms with Crippen molar-refractivity contribution in [2.45, 2.75) is 6.04 Å². The Morgan fingerprint density at radius 3 is 2.56 bits per heavy atom. The van der Waals surface area contributed by atoms with E-state index in [9.17, 15) is 9.59 Å². The van der Waals surface area contributed by atoms with Gasteiger partial charge in [-0.05, 0) is 35.2 Å². The van der Waals surface area contributed by atoms with Crippen LogP contribution in [0.25, 0.3) is 0 Å². The molecule has 0 saturated carbocycles. The monoisotopic (exact) mass is 400 g/mol. The maximum atomic E-state index is 12.5. The molecule has 138 valence electrons. The number of thiophene rings is 1. The van der Waals surface area contributed by atoms with Crippen LogP contribution >= 0.6 is 22.9 Å². The molecule has 0 bridgehead atoms. The van der Waals surface area contributed by atoms with Crippen molar-refractivity contribution in [3.63, 3.8) is 0 Å². The van der Waals surface area contributed by atoms with Crippen LogP contribution in [0.3, 0.4) is 0 Å². The van der Waals surface area contributed by atoms with E-state index in [0.717, 1.165) is 10.4 Å².